The molecule has 0 saturated carbocycles. The molecule has 2 N–H and O–H groups in total. The summed E-state index contributed by atoms with van der Waals surface area (Å²) in [6.45, 7) is 4.25. The van der Waals surface area contributed by atoms with E-state index in [1.54, 1.807) is 0 Å². The second-order valence-electron chi connectivity index (χ2n) is 4.66. The molecule has 0 aromatic carbocycles. The Balaban J connectivity index is 0.00000200. The maximum absolute atomic E-state index is 11.8. The van der Waals surface area contributed by atoms with Gasteiger partial charge in [-0.15, -0.1) is 12.4 Å². The highest BCUT2D eigenvalue weighted by Gasteiger charge is 2.12. The number of pyridine rings is 1. The van der Waals surface area contributed by atoms with Gasteiger partial charge in [-0.1, -0.05) is 13.8 Å². The second kappa shape index (κ2) is 5.87. The first-order valence-electron chi connectivity index (χ1n) is 5.76. The van der Waals surface area contributed by atoms with Crippen LogP contribution in [0.25, 0.3) is 11.0 Å². The molecule has 0 bridgehead atoms. The molecule has 2 heterocycles. The number of H-pyrrole nitrogens is 1. The lowest BCUT2D eigenvalue weighted by atomic mass is 10.2. The zero-order valence-corrected chi connectivity index (χ0v) is 11.7. The molecule has 0 spiro atoms. The first-order valence-corrected chi connectivity index (χ1v) is 5.76. The van der Waals surface area contributed by atoms with Crippen LogP contribution in [0.1, 0.15) is 24.2 Å². The molecule has 0 fully saturated rings. The second-order valence-corrected chi connectivity index (χ2v) is 4.66. The van der Waals surface area contributed by atoms with E-state index in [-0.39, 0.29) is 34.9 Å². The summed E-state index contributed by atoms with van der Waals surface area (Å²) in [5, 5.41) is 8.98. The van der Waals surface area contributed by atoms with Gasteiger partial charge in [-0.25, -0.2) is 14.6 Å². The summed E-state index contributed by atoms with van der Waals surface area (Å²) in [6, 6.07) is 1.22. The van der Waals surface area contributed by atoms with Gasteiger partial charge >= 0.3 is 11.7 Å². The maximum atomic E-state index is 11.8. The monoisotopic (exact) mass is 299 g/mol. The summed E-state index contributed by atoms with van der Waals surface area (Å²) in [4.78, 5) is 40.4. The van der Waals surface area contributed by atoms with E-state index in [2.05, 4.69) is 9.97 Å². The molecular formula is C12H14ClN3O4. The molecule has 0 amide bonds. The predicted octanol–water partition coefficient (Wildman–Crippen LogP) is 0.861. The number of nitrogens with zero attached hydrogens (tertiary/aromatic N) is 2. The molecule has 0 radical (unpaired) electrons. The number of hydrogen-bond donors (Lipinski definition) is 2. The first kappa shape index (κ1) is 15.9. The van der Waals surface area contributed by atoms with Gasteiger partial charge in [0.25, 0.3) is 5.56 Å². The molecule has 0 aliphatic carbocycles. The molecule has 0 atom stereocenters. The van der Waals surface area contributed by atoms with E-state index in [4.69, 9.17) is 5.11 Å². The highest BCUT2D eigenvalue weighted by Crippen LogP contribution is 2.09. The van der Waals surface area contributed by atoms with Crippen molar-refractivity contribution in [2.45, 2.75) is 20.4 Å². The molecule has 2 aromatic rings. The summed E-state index contributed by atoms with van der Waals surface area (Å²) >= 11 is 0. The van der Waals surface area contributed by atoms with Gasteiger partial charge in [-0.3, -0.25) is 14.3 Å². The highest BCUT2D eigenvalue weighted by molar-refractivity contribution is 5.91. The number of rotatable bonds is 3. The third-order valence-electron chi connectivity index (χ3n) is 2.63. The van der Waals surface area contributed by atoms with E-state index >= 15 is 0 Å². The lowest BCUT2D eigenvalue weighted by Crippen LogP contribution is -2.32. The van der Waals surface area contributed by atoms with Crippen molar-refractivity contribution in [3.05, 3.63) is 38.7 Å². The lowest BCUT2D eigenvalue weighted by molar-refractivity contribution is 0.0696. The standard InChI is InChI=1S/C12H13N3O4.ClH/c1-6(2)5-15-9-8(10(16)14-12(15)19)3-7(4-13-9)11(17)18;/h3-4,6H,5H2,1-2H3,(H,17,18)(H,14,16,19);1H. The molecule has 0 saturated heterocycles. The SMILES string of the molecule is CC(C)Cn1c(=O)[nH]c(=O)c2cc(C(=O)O)cnc21.Cl. The summed E-state index contributed by atoms with van der Waals surface area (Å²) < 4.78 is 1.34. The van der Waals surface area contributed by atoms with Crippen LogP contribution in [0.5, 0.6) is 0 Å². The van der Waals surface area contributed by atoms with Crippen molar-refractivity contribution in [3.63, 3.8) is 0 Å². The molecule has 2 aromatic heterocycles. The number of carboxylic acids is 1. The van der Waals surface area contributed by atoms with Gasteiger partial charge in [-0.05, 0) is 12.0 Å². The largest absolute Gasteiger partial charge is 0.478 e. The fraction of sp³-hybridized carbons (Fsp3) is 0.333. The fourth-order valence-corrected chi connectivity index (χ4v) is 1.82. The van der Waals surface area contributed by atoms with Gasteiger partial charge < -0.3 is 5.11 Å². The number of aromatic nitrogens is 3. The van der Waals surface area contributed by atoms with Crippen molar-refractivity contribution in [2.24, 2.45) is 5.92 Å². The Kier molecular flexibility index (Phi) is 4.67. The molecule has 0 aliphatic heterocycles. The topological polar surface area (TPSA) is 105 Å². The number of fused-ring (bicyclic) bond motifs is 1. The van der Waals surface area contributed by atoms with Gasteiger partial charge in [0.2, 0.25) is 0 Å². The predicted molar refractivity (Wildman–Crippen MR) is 75.7 cm³/mol. The Hall–Kier alpha value is -2.15. The molecule has 2 rings (SSSR count). The number of carbonyl (C=O) groups is 1. The Bertz CT molecular complexity index is 763. The summed E-state index contributed by atoms with van der Waals surface area (Å²) in [7, 11) is 0. The van der Waals surface area contributed by atoms with Crippen LogP contribution in [-0.2, 0) is 6.54 Å². The zero-order chi connectivity index (χ0) is 14.2. The van der Waals surface area contributed by atoms with E-state index in [1.807, 2.05) is 13.8 Å². The Morgan fingerprint density at radius 1 is 1.45 bits per heavy atom. The van der Waals surface area contributed by atoms with Crippen molar-refractivity contribution in [3.8, 4) is 0 Å². The van der Waals surface area contributed by atoms with E-state index < -0.39 is 17.2 Å². The van der Waals surface area contributed by atoms with Crippen molar-refractivity contribution >= 4 is 29.4 Å². The van der Waals surface area contributed by atoms with Crippen molar-refractivity contribution in [1.82, 2.24) is 14.5 Å². The van der Waals surface area contributed by atoms with Crippen LogP contribution in [0.15, 0.2) is 21.9 Å². The van der Waals surface area contributed by atoms with Crippen LogP contribution in [-0.4, -0.2) is 25.6 Å². The quantitative estimate of drug-likeness (QED) is 0.874. The van der Waals surface area contributed by atoms with E-state index in [0.717, 1.165) is 6.20 Å². The average molecular weight is 300 g/mol. The van der Waals surface area contributed by atoms with Crippen LogP contribution in [0.4, 0.5) is 0 Å². The van der Waals surface area contributed by atoms with Crippen LogP contribution in [0, 0.1) is 5.92 Å². The van der Waals surface area contributed by atoms with Gasteiger partial charge in [0.15, 0.2) is 0 Å². The van der Waals surface area contributed by atoms with E-state index in [1.165, 1.54) is 10.6 Å². The summed E-state index contributed by atoms with van der Waals surface area (Å²) in [5.41, 5.74) is -1.06. The highest BCUT2D eigenvalue weighted by atomic mass is 35.5. The maximum Gasteiger partial charge on any atom is 0.337 e. The van der Waals surface area contributed by atoms with E-state index in [9.17, 15) is 14.4 Å². The van der Waals surface area contributed by atoms with Crippen LogP contribution in [0.3, 0.4) is 0 Å². The molecule has 8 heteroatoms. The van der Waals surface area contributed by atoms with Crippen LogP contribution < -0.4 is 11.2 Å². The summed E-state index contributed by atoms with van der Waals surface area (Å²) in [5.74, 6) is -0.983. The molecular weight excluding hydrogens is 286 g/mol. The number of halogens is 1. The Morgan fingerprint density at radius 2 is 2.10 bits per heavy atom. The first-order chi connectivity index (χ1) is 8.90. The van der Waals surface area contributed by atoms with Gasteiger partial charge in [0, 0.05) is 12.7 Å². The minimum atomic E-state index is -1.17. The van der Waals surface area contributed by atoms with Crippen molar-refractivity contribution in [2.75, 3.05) is 0 Å². The number of hydrogen-bond acceptors (Lipinski definition) is 4. The van der Waals surface area contributed by atoms with Crippen LogP contribution in [0.2, 0.25) is 0 Å². The number of nitrogens with one attached hydrogen (secondary N) is 1. The van der Waals surface area contributed by atoms with Gasteiger partial charge in [-0.2, -0.15) is 0 Å². The van der Waals surface area contributed by atoms with Crippen molar-refractivity contribution in [1.29, 1.82) is 0 Å². The molecule has 0 aliphatic rings. The molecule has 0 unspecified atom stereocenters. The normalized spacial score (nSPS) is 10.6. The number of carboxylic acid groups (broad SMARTS) is 1. The number of aromatic carboxylic acids is 1. The van der Waals surface area contributed by atoms with Crippen LogP contribution >= 0.6 is 12.4 Å². The Morgan fingerprint density at radius 3 is 2.65 bits per heavy atom. The third-order valence-corrected chi connectivity index (χ3v) is 2.63. The fourth-order valence-electron chi connectivity index (χ4n) is 1.82. The lowest BCUT2D eigenvalue weighted by Gasteiger charge is -2.10. The Labute approximate surface area is 119 Å². The third kappa shape index (κ3) is 2.88. The van der Waals surface area contributed by atoms with Crippen molar-refractivity contribution < 1.29 is 9.90 Å². The molecule has 20 heavy (non-hydrogen) atoms. The molecule has 108 valence electrons. The minimum Gasteiger partial charge on any atom is -0.478 e. The van der Waals surface area contributed by atoms with Gasteiger partial charge in [0.05, 0.1) is 10.9 Å². The minimum absolute atomic E-state index is 0. The summed E-state index contributed by atoms with van der Waals surface area (Å²) in [6.07, 6.45) is 1.14. The smallest absolute Gasteiger partial charge is 0.337 e. The number of aromatic amines is 1. The molecule has 7 nitrogen and oxygen atoms in total. The average Bonchev–Trinajstić information content (AvgIpc) is 2.33. The van der Waals surface area contributed by atoms with E-state index in [0.29, 0.717) is 6.54 Å². The van der Waals surface area contributed by atoms with Gasteiger partial charge in [0.1, 0.15) is 5.65 Å². The zero-order valence-electron chi connectivity index (χ0n) is 10.9.